The summed E-state index contributed by atoms with van der Waals surface area (Å²) in [5.74, 6) is 0. The predicted molar refractivity (Wildman–Crippen MR) is 90.6 cm³/mol. The monoisotopic (exact) mass is 292 g/mol. The molecule has 2 aromatic heterocycles. The van der Waals surface area contributed by atoms with Gasteiger partial charge in [0.05, 0.1) is 0 Å². The summed E-state index contributed by atoms with van der Waals surface area (Å²) in [4.78, 5) is 0. The van der Waals surface area contributed by atoms with Crippen molar-refractivity contribution in [2.24, 2.45) is 0 Å². The molecule has 0 aliphatic carbocycles. The Morgan fingerprint density at radius 3 is 1.60 bits per heavy atom. The molecule has 4 aromatic rings. The Labute approximate surface area is 126 Å². The number of hydrogen-bond donors (Lipinski definition) is 0. The third kappa shape index (κ3) is 1.89. The van der Waals surface area contributed by atoms with Crippen LogP contribution in [0.25, 0.3) is 33.0 Å². The van der Waals surface area contributed by atoms with Gasteiger partial charge in [0.25, 0.3) is 0 Å². The van der Waals surface area contributed by atoms with Gasteiger partial charge in [-0.05, 0) is 66.7 Å². The van der Waals surface area contributed by atoms with Gasteiger partial charge in [-0.2, -0.15) is 22.7 Å². The Bertz CT molecular complexity index is 771. The van der Waals surface area contributed by atoms with Crippen LogP contribution < -0.4 is 0 Å². The molecule has 0 fully saturated rings. The van der Waals surface area contributed by atoms with Gasteiger partial charge in [0, 0.05) is 0 Å². The van der Waals surface area contributed by atoms with E-state index in [2.05, 4.69) is 70.1 Å². The maximum atomic E-state index is 2.22. The van der Waals surface area contributed by atoms with Gasteiger partial charge >= 0.3 is 0 Å². The first kappa shape index (κ1) is 11.9. The molecule has 0 aliphatic rings. The van der Waals surface area contributed by atoms with E-state index in [1.54, 1.807) is 22.7 Å². The minimum absolute atomic E-state index is 1.30. The maximum absolute atomic E-state index is 2.22. The fraction of sp³-hybridized carbons (Fsp3) is 0. The highest BCUT2D eigenvalue weighted by molar-refractivity contribution is 7.08. The number of rotatable bonds is 2. The molecule has 0 unspecified atom stereocenters. The van der Waals surface area contributed by atoms with E-state index < -0.39 is 0 Å². The highest BCUT2D eigenvalue weighted by Crippen LogP contribution is 2.37. The molecule has 0 bridgehead atoms. The van der Waals surface area contributed by atoms with E-state index in [-0.39, 0.29) is 0 Å². The molecular formula is C18H12S2. The second-order valence-electron chi connectivity index (χ2n) is 4.73. The van der Waals surface area contributed by atoms with Gasteiger partial charge < -0.3 is 0 Å². The van der Waals surface area contributed by atoms with Crippen LogP contribution in [0.5, 0.6) is 0 Å². The topological polar surface area (TPSA) is 0 Å². The van der Waals surface area contributed by atoms with Crippen molar-refractivity contribution < 1.29 is 0 Å². The van der Waals surface area contributed by atoms with Crippen LogP contribution in [0.1, 0.15) is 0 Å². The minimum atomic E-state index is 1.30. The summed E-state index contributed by atoms with van der Waals surface area (Å²) in [7, 11) is 0. The molecule has 0 N–H and O–H groups in total. The van der Waals surface area contributed by atoms with E-state index in [4.69, 9.17) is 0 Å². The van der Waals surface area contributed by atoms with Crippen molar-refractivity contribution in [3.8, 4) is 22.3 Å². The summed E-state index contributed by atoms with van der Waals surface area (Å²) in [6.07, 6.45) is 0. The molecule has 0 saturated carbocycles. The first-order chi connectivity index (χ1) is 9.93. The second-order valence-corrected chi connectivity index (χ2v) is 6.29. The Morgan fingerprint density at radius 2 is 1.15 bits per heavy atom. The van der Waals surface area contributed by atoms with Crippen LogP contribution in [0.4, 0.5) is 0 Å². The molecule has 0 atom stereocenters. The number of hydrogen-bond acceptors (Lipinski definition) is 2. The van der Waals surface area contributed by atoms with Gasteiger partial charge in [-0.15, -0.1) is 0 Å². The highest BCUT2D eigenvalue weighted by Gasteiger charge is 2.10. The van der Waals surface area contributed by atoms with Crippen molar-refractivity contribution >= 4 is 33.4 Å². The first-order valence-corrected chi connectivity index (χ1v) is 8.39. The summed E-state index contributed by atoms with van der Waals surface area (Å²) >= 11 is 3.50. The number of thiophene rings is 2. The molecule has 0 amide bonds. The molecule has 0 nitrogen and oxygen atoms in total. The van der Waals surface area contributed by atoms with Gasteiger partial charge in [0.15, 0.2) is 0 Å². The summed E-state index contributed by atoms with van der Waals surface area (Å²) in [5, 5.41) is 11.4. The Balaban J connectivity index is 2.11. The van der Waals surface area contributed by atoms with E-state index in [0.29, 0.717) is 0 Å². The molecule has 4 rings (SSSR count). The predicted octanol–water partition coefficient (Wildman–Crippen LogP) is 6.30. The number of benzene rings is 2. The minimum Gasteiger partial charge on any atom is -0.152 e. The largest absolute Gasteiger partial charge is 0.152 e. The Hall–Kier alpha value is -1.90. The highest BCUT2D eigenvalue weighted by atomic mass is 32.1. The third-order valence-electron chi connectivity index (χ3n) is 3.57. The van der Waals surface area contributed by atoms with E-state index in [1.165, 1.54) is 33.0 Å². The lowest BCUT2D eigenvalue weighted by Crippen LogP contribution is -1.83. The summed E-state index contributed by atoms with van der Waals surface area (Å²) in [6, 6.07) is 17.5. The number of fused-ring (bicyclic) bond motifs is 1. The molecule has 2 heteroatoms. The zero-order chi connectivity index (χ0) is 13.4. The van der Waals surface area contributed by atoms with Gasteiger partial charge in [-0.3, -0.25) is 0 Å². The molecule has 2 aromatic carbocycles. The summed E-state index contributed by atoms with van der Waals surface area (Å²) in [6.45, 7) is 0. The summed E-state index contributed by atoms with van der Waals surface area (Å²) < 4.78 is 0. The molecule has 2 heterocycles. The Morgan fingerprint density at radius 1 is 0.600 bits per heavy atom. The van der Waals surface area contributed by atoms with Crippen molar-refractivity contribution in [2.75, 3.05) is 0 Å². The van der Waals surface area contributed by atoms with Crippen molar-refractivity contribution in [2.45, 2.75) is 0 Å². The lowest BCUT2D eigenvalue weighted by molar-refractivity contribution is 1.70. The lowest BCUT2D eigenvalue weighted by atomic mass is 9.93. The molecule has 20 heavy (non-hydrogen) atoms. The summed E-state index contributed by atoms with van der Waals surface area (Å²) in [5.41, 5.74) is 5.27. The van der Waals surface area contributed by atoms with Crippen LogP contribution in [0.15, 0.2) is 70.1 Å². The normalized spacial score (nSPS) is 11.0. The first-order valence-electron chi connectivity index (χ1n) is 6.50. The third-order valence-corrected chi connectivity index (χ3v) is 4.94. The molecule has 96 valence electrons. The van der Waals surface area contributed by atoms with Crippen molar-refractivity contribution in [3.05, 3.63) is 70.1 Å². The van der Waals surface area contributed by atoms with Crippen LogP contribution in [0, 0.1) is 0 Å². The Kier molecular flexibility index (Phi) is 2.91. The van der Waals surface area contributed by atoms with E-state index in [1.807, 2.05) is 0 Å². The molecule has 0 radical (unpaired) electrons. The standard InChI is InChI=1S/C18H12S2/c1-3-13-4-2-6-17(15-8-10-20-12-15)18(13)16(5-1)14-7-9-19-11-14/h1-12H. The fourth-order valence-corrected chi connectivity index (χ4v) is 3.97. The molecular weight excluding hydrogens is 280 g/mol. The van der Waals surface area contributed by atoms with Crippen LogP contribution in [0.3, 0.4) is 0 Å². The smallest absolute Gasteiger partial charge is 0.00145 e. The van der Waals surface area contributed by atoms with Gasteiger partial charge in [-0.25, -0.2) is 0 Å². The average Bonchev–Trinajstić information content (AvgIpc) is 3.19. The van der Waals surface area contributed by atoms with Crippen LogP contribution in [-0.4, -0.2) is 0 Å². The van der Waals surface area contributed by atoms with E-state index >= 15 is 0 Å². The van der Waals surface area contributed by atoms with Crippen molar-refractivity contribution in [1.82, 2.24) is 0 Å². The van der Waals surface area contributed by atoms with Gasteiger partial charge in [0.1, 0.15) is 0 Å². The van der Waals surface area contributed by atoms with Gasteiger partial charge in [-0.1, -0.05) is 36.4 Å². The van der Waals surface area contributed by atoms with E-state index in [0.717, 1.165) is 0 Å². The second kappa shape index (κ2) is 4.89. The molecule has 0 spiro atoms. The quantitative estimate of drug-likeness (QED) is 0.407. The van der Waals surface area contributed by atoms with Crippen LogP contribution in [-0.2, 0) is 0 Å². The zero-order valence-electron chi connectivity index (χ0n) is 10.7. The van der Waals surface area contributed by atoms with Crippen LogP contribution >= 0.6 is 22.7 Å². The molecule has 0 saturated heterocycles. The van der Waals surface area contributed by atoms with E-state index in [9.17, 15) is 0 Å². The van der Waals surface area contributed by atoms with Crippen molar-refractivity contribution in [1.29, 1.82) is 0 Å². The van der Waals surface area contributed by atoms with Crippen molar-refractivity contribution in [3.63, 3.8) is 0 Å². The van der Waals surface area contributed by atoms with Crippen LogP contribution in [0.2, 0.25) is 0 Å². The SMILES string of the molecule is c1cc(-c2ccsc2)c2c(-c3ccsc3)cccc2c1. The zero-order valence-corrected chi connectivity index (χ0v) is 12.4. The molecule has 0 aliphatic heterocycles. The fourth-order valence-electron chi connectivity index (χ4n) is 2.66. The lowest BCUT2D eigenvalue weighted by Gasteiger charge is -2.10. The van der Waals surface area contributed by atoms with Gasteiger partial charge in [0.2, 0.25) is 0 Å². The average molecular weight is 292 g/mol. The maximum Gasteiger partial charge on any atom is -0.00145 e.